The van der Waals surface area contributed by atoms with Gasteiger partial charge < -0.3 is 10.2 Å². The Labute approximate surface area is 74.0 Å². The molecule has 0 spiro atoms. The highest BCUT2D eigenvalue weighted by Gasteiger charge is 2.26. The van der Waals surface area contributed by atoms with Gasteiger partial charge in [0.1, 0.15) is 0 Å². The van der Waals surface area contributed by atoms with Gasteiger partial charge in [-0.1, -0.05) is 6.08 Å². The molecule has 0 radical (unpaired) electrons. The molecule has 0 bridgehead atoms. The molecule has 0 aliphatic rings. The lowest BCUT2D eigenvalue weighted by Gasteiger charge is -2.08. The van der Waals surface area contributed by atoms with Crippen LogP contribution >= 0.6 is 0 Å². The summed E-state index contributed by atoms with van der Waals surface area (Å²) in [6.07, 6.45) is 0.910. The second-order valence-electron chi connectivity index (χ2n) is 2.28. The standard InChI is InChI=1S/C8H9FO4/c1-2-3-5(7(10)11)6(4-9)8(12)13/h2,4-5H,1,3H2,(H,10,11)(H,12,13). The van der Waals surface area contributed by atoms with Gasteiger partial charge >= 0.3 is 11.9 Å². The summed E-state index contributed by atoms with van der Waals surface area (Å²) in [5.41, 5.74) is -0.771. The second-order valence-corrected chi connectivity index (χ2v) is 2.28. The minimum atomic E-state index is -1.57. The first-order chi connectivity index (χ1) is 6.04. The van der Waals surface area contributed by atoms with Gasteiger partial charge in [-0.25, -0.2) is 9.18 Å². The number of allylic oxidation sites excluding steroid dienone is 1. The Morgan fingerprint density at radius 2 is 2.00 bits per heavy atom. The van der Waals surface area contributed by atoms with Crippen LogP contribution in [-0.2, 0) is 9.59 Å². The molecule has 0 aliphatic carbocycles. The monoisotopic (exact) mass is 188 g/mol. The molecule has 0 aromatic heterocycles. The van der Waals surface area contributed by atoms with Crippen LogP contribution in [0.3, 0.4) is 0 Å². The van der Waals surface area contributed by atoms with Gasteiger partial charge in [-0.3, -0.25) is 4.79 Å². The minimum absolute atomic E-state index is 0.114. The Hall–Kier alpha value is -1.65. The molecular weight excluding hydrogens is 179 g/mol. The highest BCUT2D eigenvalue weighted by atomic mass is 19.1. The fourth-order valence-corrected chi connectivity index (χ4v) is 0.799. The Kier molecular flexibility index (Phi) is 4.43. The topological polar surface area (TPSA) is 74.6 Å². The zero-order valence-corrected chi connectivity index (χ0v) is 6.74. The first kappa shape index (κ1) is 11.4. The Balaban J connectivity index is 4.80. The number of carboxylic acid groups (broad SMARTS) is 2. The first-order valence-electron chi connectivity index (χ1n) is 3.41. The quantitative estimate of drug-likeness (QED) is 0.502. The van der Waals surface area contributed by atoms with E-state index in [1.54, 1.807) is 0 Å². The summed E-state index contributed by atoms with van der Waals surface area (Å²) in [5, 5.41) is 16.9. The summed E-state index contributed by atoms with van der Waals surface area (Å²) >= 11 is 0. The molecule has 0 heterocycles. The van der Waals surface area contributed by atoms with Gasteiger partial charge in [-0.2, -0.15) is 0 Å². The van der Waals surface area contributed by atoms with Gasteiger partial charge in [-0.05, 0) is 6.42 Å². The van der Waals surface area contributed by atoms with Gasteiger partial charge in [0.05, 0.1) is 17.8 Å². The number of hydrogen-bond acceptors (Lipinski definition) is 2. The summed E-state index contributed by atoms with van der Waals surface area (Å²) in [6.45, 7) is 3.25. The molecule has 0 aliphatic heterocycles. The largest absolute Gasteiger partial charge is 0.481 e. The van der Waals surface area contributed by atoms with Crippen molar-refractivity contribution in [2.45, 2.75) is 6.42 Å². The van der Waals surface area contributed by atoms with Crippen molar-refractivity contribution >= 4 is 11.9 Å². The highest BCUT2D eigenvalue weighted by molar-refractivity contribution is 5.93. The van der Waals surface area contributed by atoms with Crippen LogP contribution in [0.15, 0.2) is 24.6 Å². The van der Waals surface area contributed by atoms with E-state index in [0.29, 0.717) is 0 Å². The summed E-state index contributed by atoms with van der Waals surface area (Å²) in [4.78, 5) is 20.8. The zero-order chi connectivity index (χ0) is 10.4. The van der Waals surface area contributed by atoms with Crippen LogP contribution in [0.1, 0.15) is 6.42 Å². The van der Waals surface area contributed by atoms with E-state index in [9.17, 15) is 14.0 Å². The van der Waals surface area contributed by atoms with E-state index in [4.69, 9.17) is 10.2 Å². The summed E-state index contributed by atoms with van der Waals surface area (Å²) in [7, 11) is 0. The van der Waals surface area contributed by atoms with E-state index in [0.717, 1.165) is 0 Å². The first-order valence-corrected chi connectivity index (χ1v) is 3.41. The number of halogens is 1. The molecule has 5 heteroatoms. The molecule has 0 aromatic carbocycles. The van der Waals surface area contributed by atoms with E-state index >= 15 is 0 Å². The summed E-state index contributed by atoms with van der Waals surface area (Å²) in [5.74, 6) is -4.33. The Morgan fingerprint density at radius 1 is 1.46 bits per heavy atom. The third kappa shape index (κ3) is 3.06. The van der Waals surface area contributed by atoms with E-state index in [1.807, 2.05) is 0 Å². The van der Waals surface area contributed by atoms with E-state index in [1.165, 1.54) is 6.08 Å². The van der Waals surface area contributed by atoms with Crippen molar-refractivity contribution in [2.24, 2.45) is 5.92 Å². The molecule has 0 fully saturated rings. The molecule has 72 valence electrons. The van der Waals surface area contributed by atoms with Crippen LogP contribution in [0.4, 0.5) is 4.39 Å². The smallest absolute Gasteiger partial charge is 0.334 e. The van der Waals surface area contributed by atoms with E-state index in [2.05, 4.69) is 6.58 Å². The number of carbonyl (C=O) groups is 2. The zero-order valence-electron chi connectivity index (χ0n) is 6.74. The van der Waals surface area contributed by atoms with Gasteiger partial charge in [0.15, 0.2) is 0 Å². The maximum absolute atomic E-state index is 12.0. The lowest BCUT2D eigenvalue weighted by atomic mass is 9.97. The third-order valence-corrected chi connectivity index (χ3v) is 1.44. The van der Waals surface area contributed by atoms with Crippen LogP contribution in [0, 0.1) is 5.92 Å². The van der Waals surface area contributed by atoms with Crippen molar-refractivity contribution < 1.29 is 24.2 Å². The average Bonchev–Trinajstić information content (AvgIpc) is 2.03. The SMILES string of the molecule is C=CCC(C(=O)O)C(=CF)C(=O)O. The fourth-order valence-electron chi connectivity index (χ4n) is 0.799. The van der Waals surface area contributed by atoms with Crippen LogP contribution in [0.2, 0.25) is 0 Å². The Bertz CT molecular complexity index is 257. The highest BCUT2D eigenvalue weighted by Crippen LogP contribution is 2.16. The van der Waals surface area contributed by atoms with Gasteiger partial charge in [0, 0.05) is 0 Å². The number of rotatable bonds is 5. The lowest BCUT2D eigenvalue weighted by molar-refractivity contribution is -0.143. The molecule has 0 saturated carbocycles. The van der Waals surface area contributed by atoms with Gasteiger partial charge in [-0.15, -0.1) is 6.58 Å². The second kappa shape index (κ2) is 5.08. The molecule has 2 N–H and O–H groups in total. The lowest BCUT2D eigenvalue weighted by Crippen LogP contribution is -2.20. The number of hydrogen-bond donors (Lipinski definition) is 2. The Morgan fingerprint density at radius 3 is 2.23 bits per heavy atom. The van der Waals surface area contributed by atoms with Crippen molar-refractivity contribution in [3.8, 4) is 0 Å². The molecule has 0 aromatic rings. The van der Waals surface area contributed by atoms with E-state index < -0.39 is 23.4 Å². The molecular formula is C8H9FO4. The molecule has 13 heavy (non-hydrogen) atoms. The van der Waals surface area contributed by atoms with Crippen molar-refractivity contribution in [3.05, 3.63) is 24.6 Å². The predicted molar refractivity (Wildman–Crippen MR) is 42.8 cm³/mol. The fraction of sp³-hybridized carbons (Fsp3) is 0.250. The van der Waals surface area contributed by atoms with Crippen LogP contribution in [0.5, 0.6) is 0 Å². The molecule has 1 atom stereocenters. The normalized spacial score (nSPS) is 13.5. The van der Waals surface area contributed by atoms with Gasteiger partial charge in [0.2, 0.25) is 0 Å². The van der Waals surface area contributed by atoms with Crippen molar-refractivity contribution in [2.75, 3.05) is 0 Å². The van der Waals surface area contributed by atoms with Crippen molar-refractivity contribution in [1.29, 1.82) is 0 Å². The molecule has 0 rings (SSSR count). The molecule has 4 nitrogen and oxygen atoms in total. The number of carboxylic acids is 2. The average molecular weight is 188 g/mol. The molecule has 0 saturated heterocycles. The predicted octanol–water partition coefficient (Wildman–Crippen LogP) is 1.20. The summed E-state index contributed by atoms with van der Waals surface area (Å²) < 4.78 is 12.0. The van der Waals surface area contributed by atoms with Crippen LogP contribution in [0.25, 0.3) is 0 Å². The summed E-state index contributed by atoms with van der Waals surface area (Å²) in [6, 6.07) is 0. The van der Waals surface area contributed by atoms with Crippen LogP contribution in [-0.4, -0.2) is 22.2 Å². The maximum atomic E-state index is 12.0. The van der Waals surface area contributed by atoms with Gasteiger partial charge in [0.25, 0.3) is 0 Å². The number of aliphatic carboxylic acids is 2. The molecule has 0 amide bonds. The molecule has 1 unspecified atom stereocenters. The minimum Gasteiger partial charge on any atom is -0.481 e. The maximum Gasteiger partial charge on any atom is 0.334 e. The van der Waals surface area contributed by atoms with E-state index in [-0.39, 0.29) is 12.8 Å². The third-order valence-electron chi connectivity index (χ3n) is 1.44. The van der Waals surface area contributed by atoms with Crippen molar-refractivity contribution in [3.63, 3.8) is 0 Å². The van der Waals surface area contributed by atoms with Crippen molar-refractivity contribution in [1.82, 2.24) is 0 Å². The van der Waals surface area contributed by atoms with Crippen LogP contribution < -0.4 is 0 Å².